The van der Waals surface area contributed by atoms with Gasteiger partial charge in [0.15, 0.2) is 23.0 Å². The molecule has 0 N–H and O–H groups in total. The van der Waals surface area contributed by atoms with Gasteiger partial charge in [0.2, 0.25) is 10.0 Å². The molecule has 0 radical (unpaired) electrons. The van der Waals surface area contributed by atoms with Gasteiger partial charge in [0.05, 0.1) is 10.9 Å². The molecule has 8 nitrogen and oxygen atoms in total. The van der Waals surface area contributed by atoms with Crippen molar-refractivity contribution in [3.63, 3.8) is 0 Å². The maximum atomic E-state index is 13.3. The fourth-order valence-electron chi connectivity index (χ4n) is 3.69. The summed E-state index contributed by atoms with van der Waals surface area (Å²) in [6.45, 7) is 1.32. The molecule has 140 valence electrons. The van der Waals surface area contributed by atoms with E-state index in [0.717, 1.165) is 6.42 Å². The Labute approximate surface area is 156 Å². The lowest BCUT2D eigenvalue weighted by atomic mass is 10.2. The van der Waals surface area contributed by atoms with Crippen molar-refractivity contribution >= 4 is 15.7 Å². The summed E-state index contributed by atoms with van der Waals surface area (Å²) in [7, 11) is -3.70. The molecule has 1 fully saturated rings. The van der Waals surface area contributed by atoms with Crippen LogP contribution in [0.5, 0.6) is 11.5 Å². The van der Waals surface area contributed by atoms with Gasteiger partial charge in [0.1, 0.15) is 13.2 Å². The van der Waals surface area contributed by atoms with Crippen LogP contribution in [0.2, 0.25) is 0 Å². The Morgan fingerprint density at radius 3 is 2.78 bits per heavy atom. The van der Waals surface area contributed by atoms with Crippen molar-refractivity contribution in [3.05, 3.63) is 48.4 Å². The molecule has 0 aliphatic carbocycles. The van der Waals surface area contributed by atoms with Crippen LogP contribution in [0.4, 0.5) is 0 Å². The number of nitrogens with zero attached hydrogens (tertiary/aromatic N) is 4. The molecule has 9 heteroatoms. The first-order chi connectivity index (χ1) is 13.1. The molecule has 27 heavy (non-hydrogen) atoms. The van der Waals surface area contributed by atoms with Gasteiger partial charge in [-0.25, -0.2) is 8.42 Å². The van der Waals surface area contributed by atoms with Gasteiger partial charge in [-0.05, 0) is 37.1 Å². The predicted molar refractivity (Wildman–Crippen MR) is 96.3 cm³/mol. The molecule has 2 aromatic heterocycles. The zero-order chi connectivity index (χ0) is 18.4. The minimum absolute atomic E-state index is 0.201. The smallest absolute Gasteiger partial charge is 0.243 e. The van der Waals surface area contributed by atoms with Crippen LogP contribution in [-0.4, -0.2) is 47.1 Å². The summed E-state index contributed by atoms with van der Waals surface area (Å²) < 4.78 is 41.1. The van der Waals surface area contributed by atoms with E-state index in [1.807, 2.05) is 28.8 Å². The molecule has 2 aliphatic rings. The average molecular weight is 386 g/mol. The van der Waals surface area contributed by atoms with E-state index in [1.54, 1.807) is 18.2 Å². The maximum Gasteiger partial charge on any atom is 0.243 e. The third kappa shape index (κ3) is 2.65. The molecule has 1 aromatic carbocycles. The second-order valence-corrected chi connectivity index (χ2v) is 8.46. The molecule has 2 aliphatic heterocycles. The van der Waals surface area contributed by atoms with Gasteiger partial charge < -0.3 is 9.47 Å². The SMILES string of the molecule is O=S(=O)(c1ccc2c(c1)OCCO2)N1CCCC1c1nnc2ccccn12. The van der Waals surface area contributed by atoms with Crippen LogP contribution in [-0.2, 0) is 10.0 Å². The minimum Gasteiger partial charge on any atom is -0.486 e. The van der Waals surface area contributed by atoms with Crippen molar-refractivity contribution in [1.29, 1.82) is 0 Å². The highest BCUT2D eigenvalue weighted by Gasteiger charge is 2.39. The summed E-state index contributed by atoms with van der Waals surface area (Å²) >= 11 is 0. The van der Waals surface area contributed by atoms with E-state index in [4.69, 9.17) is 9.47 Å². The Kier molecular flexibility index (Phi) is 3.80. The lowest BCUT2D eigenvalue weighted by Crippen LogP contribution is -2.31. The van der Waals surface area contributed by atoms with Crippen LogP contribution in [0, 0.1) is 0 Å². The summed E-state index contributed by atoms with van der Waals surface area (Å²) in [6, 6.07) is 10.0. The summed E-state index contributed by atoms with van der Waals surface area (Å²) in [4.78, 5) is 0.201. The minimum atomic E-state index is -3.70. The van der Waals surface area contributed by atoms with E-state index in [1.165, 1.54) is 4.31 Å². The average Bonchev–Trinajstić information content (AvgIpc) is 3.34. The van der Waals surface area contributed by atoms with E-state index in [2.05, 4.69) is 10.2 Å². The molecule has 0 amide bonds. The van der Waals surface area contributed by atoms with Gasteiger partial charge in [0, 0.05) is 18.8 Å². The standard InChI is InChI=1S/C18H18N4O4S/c23-27(24,13-6-7-15-16(12-13)26-11-10-25-15)22-9-3-4-14(22)18-20-19-17-5-1-2-8-21(17)18/h1-2,5-8,12,14H,3-4,9-11H2. The molecule has 0 spiro atoms. The van der Waals surface area contributed by atoms with Crippen LogP contribution in [0.15, 0.2) is 47.5 Å². The monoisotopic (exact) mass is 386 g/mol. The summed E-state index contributed by atoms with van der Waals surface area (Å²) in [5.41, 5.74) is 0.705. The molecule has 5 rings (SSSR count). The molecule has 0 saturated carbocycles. The summed E-state index contributed by atoms with van der Waals surface area (Å²) in [6.07, 6.45) is 3.34. The number of ether oxygens (including phenoxy) is 2. The third-order valence-electron chi connectivity index (χ3n) is 4.96. The first-order valence-electron chi connectivity index (χ1n) is 8.86. The Balaban J connectivity index is 1.54. The number of fused-ring (bicyclic) bond motifs is 2. The van der Waals surface area contributed by atoms with Gasteiger partial charge >= 0.3 is 0 Å². The zero-order valence-electron chi connectivity index (χ0n) is 14.5. The van der Waals surface area contributed by atoms with E-state index < -0.39 is 10.0 Å². The normalized spacial score (nSPS) is 20.2. The molecule has 1 unspecified atom stereocenters. The molecule has 1 atom stereocenters. The van der Waals surface area contributed by atoms with E-state index in [0.29, 0.717) is 49.1 Å². The topological polar surface area (TPSA) is 86.0 Å². The Morgan fingerprint density at radius 2 is 1.89 bits per heavy atom. The second-order valence-electron chi connectivity index (χ2n) is 6.57. The van der Waals surface area contributed by atoms with Gasteiger partial charge in [-0.3, -0.25) is 4.40 Å². The summed E-state index contributed by atoms with van der Waals surface area (Å²) in [5.74, 6) is 1.68. The number of benzene rings is 1. The number of aromatic nitrogens is 3. The highest BCUT2D eigenvalue weighted by molar-refractivity contribution is 7.89. The fourth-order valence-corrected chi connectivity index (χ4v) is 5.36. The number of hydrogen-bond acceptors (Lipinski definition) is 6. The van der Waals surface area contributed by atoms with Crippen LogP contribution in [0.25, 0.3) is 5.65 Å². The maximum absolute atomic E-state index is 13.3. The number of hydrogen-bond donors (Lipinski definition) is 0. The van der Waals surface area contributed by atoms with Crippen LogP contribution >= 0.6 is 0 Å². The van der Waals surface area contributed by atoms with Gasteiger partial charge in [0.25, 0.3) is 0 Å². The van der Waals surface area contributed by atoms with E-state index in [-0.39, 0.29) is 10.9 Å². The molecular formula is C18H18N4O4S. The quantitative estimate of drug-likeness (QED) is 0.685. The van der Waals surface area contributed by atoms with Crippen LogP contribution in [0.3, 0.4) is 0 Å². The largest absolute Gasteiger partial charge is 0.486 e. The first-order valence-corrected chi connectivity index (χ1v) is 10.3. The first kappa shape index (κ1) is 16.5. The lowest BCUT2D eigenvalue weighted by molar-refractivity contribution is 0.171. The second kappa shape index (κ2) is 6.21. The molecule has 0 bridgehead atoms. The number of pyridine rings is 1. The molecule has 3 aromatic rings. The van der Waals surface area contributed by atoms with Gasteiger partial charge in [-0.1, -0.05) is 6.07 Å². The molecular weight excluding hydrogens is 368 g/mol. The van der Waals surface area contributed by atoms with Gasteiger partial charge in [-0.2, -0.15) is 4.31 Å². The van der Waals surface area contributed by atoms with Crippen molar-refractivity contribution in [2.45, 2.75) is 23.8 Å². The highest BCUT2D eigenvalue weighted by atomic mass is 32.2. The van der Waals surface area contributed by atoms with Crippen LogP contribution < -0.4 is 9.47 Å². The number of rotatable bonds is 3. The van der Waals surface area contributed by atoms with E-state index >= 15 is 0 Å². The fraction of sp³-hybridized carbons (Fsp3) is 0.333. The third-order valence-corrected chi connectivity index (χ3v) is 6.87. The molecule has 4 heterocycles. The Morgan fingerprint density at radius 1 is 1.04 bits per heavy atom. The van der Waals surface area contributed by atoms with Crippen molar-refractivity contribution in [2.24, 2.45) is 0 Å². The van der Waals surface area contributed by atoms with Crippen LogP contribution in [0.1, 0.15) is 24.7 Å². The van der Waals surface area contributed by atoms with Crippen molar-refractivity contribution in [1.82, 2.24) is 18.9 Å². The van der Waals surface area contributed by atoms with Crippen molar-refractivity contribution < 1.29 is 17.9 Å². The Bertz CT molecular complexity index is 1110. The zero-order valence-corrected chi connectivity index (χ0v) is 15.3. The number of sulfonamides is 1. The molecule has 1 saturated heterocycles. The van der Waals surface area contributed by atoms with E-state index in [9.17, 15) is 8.42 Å². The van der Waals surface area contributed by atoms with Crippen molar-refractivity contribution in [2.75, 3.05) is 19.8 Å². The van der Waals surface area contributed by atoms with Crippen molar-refractivity contribution in [3.8, 4) is 11.5 Å². The summed E-state index contributed by atoms with van der Waals surface area (Å²) in [5, 5.41) is 8.43. The van der Waals surface area contributed by atoms with Gasteiger partial charge in [-0.15, -0.1) is 10.2 Å². The highest BCUT2D eigenvalue weighted by Crippen LogP contribution is 2.38. The predicted octanol–water partition coefficient (Wildman–Crippen LogP) is 2.03. The lowest BCUT2D eigenvalue weighted by Gasteiger charge is -2.24. The Hall–Kier alpha value is -2.65.